The Morgan fingerprint density at radius 2 is 1.93 bits per heavy atom. The Morgan fingerprint density at radius 1 is 1.19 bits per heavy atom. The first-order chi connectivity index (χ1) is 12.6. The molecule has 0 radical (unpaired) electrons. The second-order valence-electron chi connectivity index (χ2n) is 7.59. The van der Waals surface area contributed by atoms with Gasteiger partial charge in [0.25, 0.3) is 5.91 Å². The molecule has 0 bridgehead atoms. The fourth-order valence-electron chi connectivity index (χ4n) is 4.35. The maximum Gasteiger partial charge on any atom is 0.280 e. The Morgan fingerprint density at radius 3 is 2.67 bits per heavy atom. The summed E-state index contributed by atoms with van der Waals surface area (Å²) in [6.07, 6.45) is 4.08. The topological polar surface area (TPSA) is 63.1 Å². The number of rotatable bonds is 2. The van der Waals surface area contributed by atoms with Gasteiger partial charge in [-0.15, -0.1) is 17.5 Å². The van der Waals surface area contributed by atoms with Crippen molar-refractivity contribution < 1.29 is 4.79 Å². The van der Waals surface area contributed by atoms with Crippen LogP contribution in [0, 0.1) is 20.8 Å². The van der Waals surface area contributed by atoms with E-state index in [9.17, 15) is 4.79 Å². The molecule has 7 heteroatoms. The van der Waals surface area contributed by atoms with Crippen LogP contribution < -0.4 is 10.2 Å². The molecule has 0 aliphatic carbocycles. The molecule has 146 valence electrons. The first-order valence-electron chi connectivity index (χ1n) is 9.60. The summed E-state index contributed by atoms with van der Waals surface area (Å²) in [6, 6.07) is 4.67. The van der Waals surface area contributed by atoms with E-state index in [2.05, 4.69) is 41.6 Å². The lowest BCUT2D eigenvalue weighted by atomic mass is 9.95. The summed E-state index contributed by atoms with van der Waals surface area (Å²) in [5, 5.41) is 12.0. The number of piperidine rings is 1. The van der Waals surface area contributed by atoms with Gasteiger partial charge < -0.3 is 10.2 Å². The second-order valence-corrected chi connectivity index (χ2v) is 7.59. The van der Waals surface area contributed by atoms with Gasteiger partial charge in [0.2, 0.25) is 0 Å². The van der Waals surface area contributed by atoms with Crippen LogP contribution in [0.5, 0.6) is 0 Å². The Bertz CT molecular complexity index is 841. The van der Waals surface area contributed by atoms with Gasteiger partial charge in [-0.05, 0) is 82.3 Å². The highest BCUT2D eigenvalue weighted by Crippen LogP contribution is 2.32. The van der Waals surface area contributed by atoms with E-state index in [1.54, 1.807) is 0 Å². The minimum Gasteiger partial charge on any atom is -0.317 e. The molecule has 0 spiro atoms. The molecule has 1 N–H and O–H groups in total. The molecular weight excluding hydrogens is 362 g/mol. The summed E-state index contributed by atoms with van der Waals surface area (Å²) >= 11 is 0. The number of benzene rings is 1. The smallest absolute Gasteiger partial charge is 0.280 e. The summed E-state index contributed by atoms with van der Waals surface area (Å²) in [5.74, 6) is -0.0198. The molecule has 0 atom stereocenters. The first-order valence-corrected chi connectivity index (χ1v) is 9.60. The minimum absolute atomic E-state index is 0. The highest BCUT2D eigenvalue weighted by Gasteiger charge is 2.29. The zero-order valence-electron chi connectivity index (χ0n) is 16.3. The van der Waals surface area contributed by atoms with E-state index in [-0.39, 0.29) is 18.3 Å². The van der Waals surface area contributed by atoms with E-state index in [0.717, 1.165) is 56.7 Å². The van der Waals surface area contributed by atoms with Crippen LogP contribution in [0.25, 0.3) is 0 Å². The predicted octanol–water partition coefficient (Wildman–Crippen LogP) is 3.14. The average Bonchev–Trinajstić information content (AvgIpc) is 3.03. The monoisotopic (exact) mass is 389 g/mol. The molecule has 1 aromatic carbocycles. The van der Waals surface area contributed by atoms with Crippen LogP contribution in [0.4, 0.5) is 5.69 Å². The van der Waals surface area contributed by atoms with E-state index in [1.165, 1.54) is 16.7 Å². The molecule has 6 nitrogen and oxygen atoms in total. The molecule has 2 aliphatic rings. The number of aromatic nitrogens is 3. The maximum absolute atomic E-state index is 13.3. The van der Waals surface area contributed by atoms with Crippen molar-refractivity contribution in [1.82, 2.24) is 20.3 Å². The first kappa shape index (κ1) is 19.8. The van der Waals surface area contributed by atoms with Crippen LogP contribution in [0.1, 0.15) is 58.2 Å². The van der Waals surface area contributed by atoms with Gasteiger partial charge in [0.15, 0.2) is 5.69 Å². The molecule has 0 unspecified atom stereocenters. The maximum atomic E-state index is 13.3. The minimum atomic E-state index is -0.0198. The van der Waals surface area contributed by atoms with Gasteiger partial charge in [0.1, 0.15) is 0 Å². The van der Waals surface area contributed by atoms with Crippen LogP contribution in [-0.4, -0.2) is 40.5 Å². The number of carbonyl (C=O) groups excluding carboxylic acids is 1. The number of fused-ring (bicyclic) bond motifs is 1. The van der Waals surface area contributed by atoms with Crippen LogP contribution in [0.2, 0.25) is 0 Å². The van der Waals surface area contributed by atoms with Gasteiger partial charge in [0, 0.05) is 12.2 Å². The van der Waals surface area contributed by atoms with Crippen molar-refractivity contribution in [2.75, 3.05) is 24.5 Å². The van der Waals surface area contributed by atoms with E-state index >= 15 is 0 Å². The summed E-state index contributed by atoms with van der Waals surface area (Å²) in [6.45, 7) is 8.92. The lowest BCUT2D eigenvalue weighted by Crippen LogP contribution is -2.36. The zero-order valence-corrected chi connectivity index (χ0v) is 17.1. The normalized spacial score (nSPS) is 17.4. The van der Waals surface area contributed by atoms with Crippen molar-refractivity contribution in [1.29, 1.82) is 0 Å². The largest absolute Gasteiger partial charge is 0.317 e. The van der Waals surface area contributed by atoms with Crippen molar-refractivity contribution in [2.45, 2.75) is 52.5 Å². The van der Waals surface area contributed by atoms with Gasteiger partial charge in [-0.2, -0.15) is 0 Å². The third-order valence-electron chi connectivity index (χ3n) is 5.72. The Labute approximate surface area is 166 Å². The van der Waals surface area contributed by atoms with Gasteiger partial charge in [-0.25, -0.2) is 4.68 Å². The molecule has 1 fully saturated rings. The van der Waals surface area contributed by atoms with Crippen molar-refractivity contribution in [3.8, 4) is 0 Å². The number of anilines is 1. The molecule has 4 rings (SSSR count). The molecule has 2 aromatic rings. The second kappa shape index (κ2) is 7.98. The molecule has 1 saturated heterocycles. The molecular formula is C20H28ClN5O. The number of carbonyl (C=O) groups is 1. The van der Waals surface area contributed by atoms with Crippen molar-refractivity contribution in [3.63, 3.8) is 0 Å². The van der Waals surface area contributed by atoms with E-state index in [0.29, 0.717) is 11.7 Å². The molecule has 1 amide bonds. The highest BCUT2D eigenvalue weighted by molar-refractivity contribution is 6.06. The van der Waals surface area contributed by atoms with Crippen molar-refractivity contribution >= 4 is 24.0 Å². The molecule has 0 saturated carbocycles. The van der Waals surface area contributed by atoms with Crippen LogP contribution in [0.3, 0.4) is 0 Å². The molecule has 27 heavy (non-hydrogen) atoms. The third kappa shape index (κ3) is 3.60. The van der Waals surface area contributed by atoms with Crippen molar-refractivity contribution in [2.24, 2.45) is 0 Å². The van der Waals surface area contributed by atoms with Gasteiger partial charge >= 0.3 is 0 Å². The number of hydrogen-bond acceptors (Lipinski definition) is 4. The fourth-order valence-corrected chi connectivity index (χ4v) is 4.35. The fraction of sp³-hybridized carbons (Fsp3) is 0.550. The standard InChI is InChI=1S/C20H27N5O.ClH/c1-13-11-14(2)17-5-4-10-24(18(17)12-13)20(26)19-15(3)25(23-22-19)16-6-8-21-9-7-16;/h11-12,16,21H,4-10H2,1-3H3;1H. The van der Waals surface area contributed by atoms with Gasteiger partial charge in [-0.3, -0.25) is 4.79 Å². The van der Waals surface area contributed by atoms with Crippen LogP contribution in [0.15, 0.2) is 12.1 Å². The molecule has 1 aromatic heterocycles. The Hall–Kier alpha value is -1.92. The average molecular weight is 390 g/mol. The zero-order chi connectivity index (χ0) is 18.3. The highest BCUT2D eigenvalue weighted by atomic mass is 35.5. The quantitative estimate of drug-likeness (QED) is 0.857. The van der Waals surface area contributed by atoms with Gasteiger partial charge in [-0.1, -0.05) is 11.3 Å². The lowest BCUT2D eigenvalue weighted by Gasteiger charge is -2.30. The summed E-state index contributed by atoms with van der Waals surface area (Å²) in [4.78, 5) is 15.2. The summed E-state index contributed by atoms with van der Waals surface area (Å²) < 4.78 is 1.96. The summed E-state index contributed by atoms with van der Waals surface area (Å²) in [7, 11) is 0. The van der Waals surface area contributed by atoms with Crippen LogP contribution in [-0.2, 0) is 6.42 Å². The number of hydrogen-bond donors (Lipinski definition) is 1. The number of nitrogens with zero attached hydrogens (tertiary/aromatic N) is 4. The van der Waals surface area contributed by atoms with E-state index < -0.39 is 0 Å². The number of aryl methyl sites for hydroxylation is 2. The molecule has 3 heterocycles. The number of amides is 1. The number of halogens is 1. The van der Waals surface area contributed by atoms with E-state index in [1.807, 2.05) is 16.5 Å². The van der Waals surface area contributed by atoms with E-state index in [4.69, 9.17) is 0 Å². The molecule has 2 aliphatic heterocycles. The lowest BCUT2D eigenvalue weighted by molar-refractivity contribution is 0.0979. The predicted molar refractivity (Wildman–Crippen MR) is 109 cm³/mol. The van der Waals surface area contributed by atoms with Crippen molar-refractivity contribution in [3.05, 3.63) is 40.2 Å². The Balaban J connectivity index is 0.00000210. The Kier molecular flexibility index (Phi) is 5.86. The van der Waals surface area contributed by atoms with Gasteiger partial charge in [0.05, 0.1) is 11.7 Å². The SMILES string of the molecule is Cc1cc(C)c2c(c1)N(C(=O)c1nnn(C3CCNCC3)c1C)CCC2.Cl. The summed E-state index contributed by atoms with van der Waals surface area (Å²) in [5.41, 5.74) is 6.19. The third-order valence-corrected chi connectivity index (χ3v) is 5.72. The number of nitrogens with one attached hydrogen (secondary N) is 1. The van der Waals surface area contributed by atoms with Crippen LogP contribution >= 0.6 is 12.4 Å².